The van der Waals surface area contributed by atoms with Gasteiger partial charge in [0.25, 0.3) is 0 Å². The molecule has 0 spiro atoms. The standard InChI is InChI=1S/C17H19FN3O2/c1-22-14-3-2-13-16(21-14)15(12(18)8-19-13)20-10-17-6-4-11(5-7-17)9-23-17/h2-3,8H,4-7,9-10H2,1H3,(H,19,20). The van der Waals surface area contributed by atoms with Gasteiger partial charge in [0.05, 0.1) is 31.0 Å². The number of pyridine rings is 2. The Balaban J connectivity index is 1.64. The molecule has 1 N–H and O–H groups in total. The van der Waals surface area contributed by atoms with Gasteiger partial charge in [-0.1, -0.05) is 0 Å². The summed E-state index contributed by atoms with van der Waals surface area (Å²) in [5, 5.41) is 3.23. The summed E-state index contributed by atoms with van der Waals surface area (Å²) in [5.41, 5.74) is 1.30. The van der Waals surface area contributed by atoms with E-state index < -0.39 is 5.82 Å². The minimum Gasteiger partial charge on any atom is -0.481 e. The van der Waals surface area contributed by atoms with E-state index in [0.717, 1.165) is 32.3 Å². The SMILES string of the molecule is COc1ccc2ncc(F)c(NCC34CC[C](CC3)CO4)c2n1. The molecule has 0 atom stereocenters. The smallest absolute Gasteiger partial charge is 0.213 e. The lowest BCUT2D eigenvalue weighted by Gasteiger charge is -2.46. The summed E-state index contributed by atoms with van der Waals surface area (Å²) in [6, 6.07) is 3.50. The van der Waals surface area contributed by atoms with Crippen molar-refractivity contribution in [2.24, 2.45) is 0 Å². The average Bonchev–Trinajstić information content (AvgIpc) is 2.62. The Labute approximate surface area is 134 Å². The van der Waals surface area contributed by atoms with Crippen LogP contribution in [0.5, 0.6) is 5.88 Å². The predicted octanol–water partition coefficient (Wildman–Crippen LogP) is 3.11. The molecule has 3 fully saturated rings. The van der Waals surface area contributed by atoms with Gasteiger partial charge in [0.2, 0.25) is 5.88 Å². The summed E-state index contributed by atoms with van der Waals surface area (Å²) in [6.07, 6.45) is 5.46. The van der Waals surface area contributed by atoms with E-state index in [4.69, 9.17) is 9.47 Å². The van der Waals surface area contributed by atoms with Crippen molar-refractivity contribution >= 4 is 16.7 Å². The number of halogens is 1. The lowest BCUT2D eigenvalue weighted by Crippen LogP contribution is -2.49. The third-order valence-electron chi connectivity index (χ3n) is 4.89. The maximum absolute atomic E-state index is 14.3. The largest absolute Gasteiger partial charge is 0.481 e. The second kappa shape index (κ2) is 5.60. The van der Waals surface area contributed by atoms with Gasteiger partial charge in [0.15, 0.2) is 5.82 Å². The quantitative estimate of drug-likeness (QED) is 0.939. The predicted molar refractivity (Wildman–Crippen MR) is 84.9 cm³/mol. The molecule has 5 nitrogen and oxygen atoms in total. The minimum atomic E-state index is -0.409. The number of rotatable bonds is 4. The van der Waals surface area contributed by atoms with Gasteiger partial charge in [0.1, 0.15) is 11.2 Å². The number of hydrogen-bond donors (Lipinski definition) is 1. The molecule has 121 valence electrons. The summed E-state index contributed by atoms with van der Waals surface area (Å²) in [7, 11) is 1.54. The Bertz CT molecular complexity index is 715. The highest BCUT2D eigenvalue weighted by Crippen LogP contribution is 2.42. The zero-order valence-electron chi connectivity index (χ0n) is 13.1. The minimum absolute atomic E-state index is 0.192. The number of hydrogen-bond acceptors (Lipinski definition) is 5. The third-order valence-corrected chi connectivity index (χ3v) is 4.89. The third kappa shape index (κ3) is 2.61. The fourth-order valence-electron chi connectivity index (χ4n) is 3.39. The van der Waals surface area contributed by atoms with Gasteiger partial charge in [-0.3, -0.25) is 4.98 Å². The molecular weight excluding hydrogens is 297 g/mol. The summed E-state index contributed by atoms with van der Waals surface area (Å²) in [6.45, 7) is 1.32. The summed E-state index contributed by atoms with van der Waals surface area (Å²) in [5.74, 6) is 1.53. The first-order chi connectivity index (χ1) is 11.2. The number of methoxy groups -OCH3 is 1. The fraction of sp³-hybridized carbons (Fsp3) is 0.471. The Morgan fingerprint density at radius 3 is 2.87 bits per heavy atom. The Kier molecular flexibility index (Phi) is 3.56. The molecule has 0 aromatic carbocycles. The second-order valence-electron chi connectivity index (χ2n) is 6.28. The molecule has 1 aliphatic carbocycles. The summed E-state index contributed by atoms with van der Waals surface area (Å²) in [4.78, 5) is 8.43. The van der Waals surface area contributed by atoms with Crippen molar-refractivity contribution in [2.45, 2.75) is 31.3 Å². The molecule has 1 radical (unpaired) electrons. The van der Waals surface area contributed by atoms with Crippen molar-refractivity contribution in [3.05, 3.63) is 30.1 Å². The van der Waals surface area contributed by atoms with Gasteiger partial charge < -0.3 is 14.8 Å². The van der Waals surface area contributed by atoms with E-state index in [1.807, 2.05) is 0 Å². The Morgan fingerprint density at radius 1 is 1.35 bits per heavy atom. The van der Waals surface area contributed by atoms with E-state index in [0.29, 0.717) is 29.1 Å². The lowest BCUT2D eigenvalue weighted by molar-refractivity contribution is -0.0921. The van der Waals surface area contributed by atoms with Crippen molar-refractivity contribution in [2.75, 3.05) is 25.6 Å². The van der Waals surface area contributed by atoms with Crippen LogP contribution in [-0.4, -0.2) is 35.8 Å². The molecular formula is C17H19FN3O2. The van der Waals surface area contributed by atoms with Crippen LogP contribution in [0.3, 0.4) is 0 Å². The molecule has 4 heterocycles. The number of nitrogens with zero attached hydrogens (tertiary/aromatic N) is 2. The van der Waals surface area contributed by atoms with Crippen LogP contribution in [0, 0.1) is 11.7 Å². The number of nitrogens with one attached hydrogen (secondary N) is 1. The first-order valence-electron chi connectivity index (χ1n) is 7.90. The van der Waals surface area contributed by atoms with Crippen LogP contribution >= 0.6 is 0 Å². The Hall–Kier alpha value is -1.95. The van der Waals surface area contributed by atoms with Crippen LogP contribution in [0.1, 0.15) is 25.7 Å². The van der Waals surface area contributed by atoms with Crippen LogP contribution in [0.4, 0.5) is 10.1 Å². The van der Waals surface area contributed by atoms with Crippen molar-refractivity contribution < 1.29 is 13.9 Å². The molecule has 0 unspecified atom stereocenters. The van der Waals surface area contributed by atoms with Gasteiger partial charge in [-0.2, -0.15) is 0 Å². The van der Waals surface area contributed by atoms with Crippen LogP contribution in [0.2, 0.25) is 0 Å². The lowest BCUT2D eigenvalue weighted by atomic mass is 9.76. The highest BCUT2D eigenvalue weighted by Gasteiger charge is 2.41. The van der Waals surface area contributed by atoms with E-state index in [2.05, 4.69) is 15.3 Å². The molecule has 2 aliphatic heterocycles. The van der Waals surface area contributed by atoms with Gasteiger partial charge in [0, 0.05) is 18.5 Å². The zero-order chi connectivity index (χ0) is 15.9. The molecule has 1 saturated carbocycles. The van der Waals surface area contributed by atoms with Crippen LogP contribution in [0.15, 0.2) is 18.3 Å². The molecule has 2 aromatic rings. The number of fused-ring (bicyclic) bond motifs is 4. The molecule has 2 saturated heterocycles. The second-order valence-corrected chi connectivity index (χ2v) is 6.28. The molecule has 0 amide bonds. The zero-order valence-corrected chi connectivity index (χ0v) is 13.1. The van der Waals surface area contributed by atoms with E-state index >= 15 is 0 Å². The van der Waals surface area contributed by atoms with Gasteiger partial charge in [-0.15, -0.1) is 0 Å². The molecule has 5 rings (SSSR count). The summed E-state index contributed by atoms with van der Waals surface area (Å²) >= 11 is 0. The number of aromatic nitrogens is 2. The van der Waals surface area contributed by atoms with Crippen molar-refractivity contribution in [1.82, 2.24) is 9.97 Å². The number of ether oxygens (including phenoxy) is 2. The summed E-state index contributed by atoms with van der Waals surface area (Å²) < 4.78 is 25.4. The first-order valence-corrected chi connectivity index (χ1v) is 7.90. The van der Waals surface area contributed by atoms with Crippen molar-refractivity contribution in [3.63, 3.8) is 0 Å². The van der Waals surface area contributed by atoms with Gasteiger partial charge in [-0.25, -0.2) is 9.37 Å². The van der Waals surface area contributed by atoms with E-state index in [1.165, 1.54) is 12.1 Å². The van der Waals surface area contributed by atoms with E-state index in [-0.39, 0.29) is 5.60 Å². The van der Waals surface area contributed by atoms with Crippen molar-refractivity contribution in [1.29, 1.82) is 0 Å². The maximum Gasteiger partial charge on any atom is 0.213 e. The monoisotopic (exact) mass is 316 g/mol. The van der Waals surface area contributed by atoms with Crippen LogP contribution in [-0.2, 0) is 4.74 Å². The molecule has 6 heteroatoms. The maximum atomic E-state index is 14.3. The molecule has 3 aliphatic rings. The first kappa shape index (κ1) is 14.6. The molecule has 2 bridgehead atoms. The van der Waals surface area contributed by atoms with Crippen molar-refractivity contribution in [3.8, 4) is 5.88 Å². The van der Waals surface area contributed by atoms with Crippen LogP contribution < -0.4 is 10.1 Å². The molecule has 2 aromatic heterocycles. The van der Waals surface area contributed by atoms with E-state index in [1.54, 1.807) is 19.2 Å². The normalized spacial score (nSPS) is 19.9. The van der Waals surface area contributed by atoms with Gasteiger partial charge >= 0.3 is 0 Å². The van der Waals surface area contributed by atoms with E-state index in [9.17, 15) is 4.39 Å². The topological polar surface area (TPSA) is 56.3 Å². The Morgan fingerprint density at radius 2 is 2.17 bits per heavy atom. The van der Waals surface area contributed by atoms with Gasteiger partial charge in [-0.05, 0) is 31.7 Å². The van der Waals surface area contributed by atoms with Crippen LogP contribution in [0.25, 0.3) is 11.0 Å². The molecule has 23 heavy (non-hydrogen) atoms. The average molecular weight is 316 g/mol. The fourth-order valence-corrected chi connectivity index (χ4v) is 3.39. The highest BCUT2D eigenvalue weighted by molar-refractivity contribution is 5.88. The number of anilines is 1. The highest BCUT2D eigenvalue weighted by atomic mass is 19.1.